The Kier molecular flexibility index (Phi) is 3.06. The summed E-state index contributed by atoms with van der Waals surface area (Å²) < 4.78 is 1.07. The predicted octanol–water partition coefficient (Wildman–Crippen LogP) is 3.79. The van der Waals surface area contributed by atoms with E-state index >= 15 is 0 Å². The molecule has 0 radical (unpaired) electrons. The first-order chi connectivity index (χ1) is 9.24. The number of benzene rings is 2. The van der Waals surface area contributed by atoms with Crippen LogP contribution in [-0.4, -0.2) is 9.97 Å². The molecule has 3 nitrogen and oxygen atoms in total. The van der Waals surface area contributed by atoms with E-state index in [0.717, 1.165) is 27.8 Å². The number of fused-ring (bicyclic) bond motifs is 1. The molecule has 1 heterocycles. The van der Waals surface area contributed by atoms with Crippen molar-refractivity contribution in [2.24, 2.45) is 0 Å². The lowest BCUT2D eigenvalue weighted by Crippen LogP contribution is -1.89. The minimum atomic E-state index is 0.645. The monoisotopic (exact) mass is 311 g/mol. The van der Waals surface area contributed by atoms with Gasteiger partial charge in [-0.1, -0.05) is 28.1 Å². The molecule has 1 N–H and O–H groups in total. The maximum atomic E-state index is 8.88. The molecule has 4 heteroatoms. The molecule has 0 atom stereocenters. The molecule has 0 saturated heterocycles. The van der Waals surface area contributed by atoms with Crippen LogP contribution in [0.4, 0.5) is 0 Å². The van der Waals surface area contributed by atoms with Crippen LogP contribution >= 0.6 is 15.9 Å². The van der Waals surface area contributed by atoms with Gasteiger partial charge in [-0.3, -0.25) is 0 Å². The van der Waals surface area contributed by atoms with Gasteiger partial charge in [0, 0.05) is 10.9 Å². The van der Waals surface area contributed by atoms with E-state index < -0.39 is 0 Å². The lowest BCUT2D eigenvalue weighted by atomic mass is 10.1. The number of rotatable bonds is 2. The zero-order valence-electron chi connectivity index (χ0n) is 10.0. The second-order valence-corrected chi connectivity index (χ2v) is 5.25. The maximum absolute atomic E-state index is 8.88. The second kappa shape index (κ2) is 4.87. The average Bonchev–Trinajstić information content (AvgIpc) is 2.82. The lowest BCUT2D eigenvalue weighted by molar-refractivity contribution is 1.04. The van der Waals surface area contributed by atoms with Gasteiger partial charge in [0.15, 0.2) is 0 Å². The highest BCUT2D eigenvalue weighted by molar-refractivity contribution is 9.10. The number of imidazole rings is 1. The number of hydrogen-bond acceptors (Lipinski definition) is 2. The molecule has 3 rings (SSSR count). The Morgan fingerprint density at radius 1 is 1.16 bits per heavy atom. The van der Waals surface area contributed by atoms with Crippen molar-refractivity contribution in [3.8, 4) is 6.07 Å². The third-order valence-corrected chi connectivity index (χ3v) is 3.47. The first-order valence-electron chi connectivity index (χ1n) is 5.88. The average molecular weight is 312 g/mol. The van der Waals surface area contributed by atoms with Crippen LogP contribution in [0.1, 0.15) is 17.0 Å². The largest absolute Gasteiger partial charge is 0.342 e. The highest BCUT2D eigenvalue weighted by Crippen LogP contribution is 2.17. The summed E-state index contributed by atoms with van der Waals surface area (Å²) >= 11 is 3.42. The quantitative estimate of drug-likeness (QED) is 0.783. The summed E-state index contributed by atoms with van der Waals surface area (Å²) in [6, 6.07) is 15.8. The summed E-state index contributed by atoms with van der Waals surface area (Å²) in [5, 5.41) is 8.88. The molecule has 0 spiro atoms. The normalized spacial score (nSPS) is 10.5. The number of nitrogens with zero attached hydrogens (tertiary/aromatic N) is 2. The molecule has 92 valence electrons. The van der Waals surface area contributed by atoms with Crippen LogP contribution in [0.2, 0.25) is 0 Å². The molecular formula is C15H10BrN3. The van der Waals surface area contributed by atoms with Gasteiger partial charge in [-0.15, -0.1) is 0 Å². The maximum Gasteiger partial charge on any atom is 0.111 e. The Bertz CT molecular complexity index is 766. The van der Waals surface area contributed by atoms with Gasteiger partial charge < -0.3 is 4.98 Å². The fraction of sp³-hybridized carbons (Fsp3) is 0.0667. The predicted molar refractivity (Wildman–Crippen MR) is 77.8 cm³/mol. The van der Waals surface area contributed by atoms with Gasteiger partial charge in [-0.2, -0.15) is 5.26 Å². The molecule has 0 aliphatic heterocycles. The lowest BCUT2D eigenvalue weighted by Gasteiger charge is -1.97. The summed E-state index contributed by atoms with van der Waals surface area (Å²) in [6.45, 7) is 0. The van der Waals surface area contributed by atoms with Gasteiger partial charge in [0.2, 0.25) is 0 Å². The van der Waals surface area contributed by atoms with Crippen molar-refractivity contribution in [1.29, 1.82) is 5.26 Å². The van der Waals surface area contributed by atoms with E-state index in [2.05, 4.69) is 44.1 Å². The number of aromatic amines is 1. The summed E-state index contributed by atoms with van der Waals surface area (Å²) in [6.07, 6.45) is 0.754. The molecule has 0 aliphatic carbocycles. The fourth-order valence-corrected chi connectivity index (χ4v) is 2.28. The Labute approximate surface area is 119 Å². The van der Waals surface area contributed by atoms with Crippen molar-refractivity contribution >= 4 is 27.0 Å². The van der Waals surface area contributed by atoms with Gasteiger partial charge >= 0.3 is 0 Å². The summed E-state index contributed by atoms with van der Waals surface area (Å²) in [4.78, 5) is 7.79. The number of halogens is 1. The van der Waals surface area contributed by atoms with Crippen LogP contribution in [0.3, 0.4) is 0 Å². The number of H-pyrrole nitrogens is 1. The van der Waals surface area contributed by atoms with Crippen LogP contribution in [-0.2, 0) is 6.42 Å². The van der Waals surface area contributed by atoms with E-state index in [1.165, 1.54) is 5.56 Å². The van der Waals surface area contributed by atoms with Crippen molar-refractivity contribution in [2.75, 3.05) is 0 Å². The smallest absolute Gasteiger partial charge is 0.111 e. The number of nitrogens with one attached hydrogen (secondary N) is 1. The molecular weight excluding hydrogens is 302 g/mol. The van der Waals surface area contributed by atoms with Crippen LogP contribution in [0, 0.1) is 11.3 Å². The minimum Gasteiger partial charge on any atom is -0.342 e. The zero-order valence-corrected chi connectivity index (χ0v) is 11.6. The van der Waals surface area contributed by atoms with Gasteiger partial charge in [-0.05, 0) is 35.9 Å². The highest BCUT2D eigenvalue weighted by Gasteiger charge is 2.04. The number of hydrogen-bond donors (Lipinski definition) is 1. The second-order valence-electron chi connectivity index (χ2n) is 4.33. The number of aromatic nitrogens is 2. The van der Waals surface area contributed by atoms with E-state index in [-0.39, 0.29) is 0 Å². The number of nitriles is 1. The van der Waals surface area contributed by atoms with Gasteiger partial charge in [-0.25, -0.2) is 4.98 Å². The van der Waals surface area contributed by atoms with Crippen molar-refractivity contribution in [1.82, 2.24) is 9.97 Å². The van der Waals surface area contributed by atoms with Gasteiger partial charge in [0.1, 0.15) is 5.82 Å². The van der Waals surface area contributed by atoms with E-state index in [9.17, 15) is 0 Å². The third-order valence-electron chi connectivity index (χ3n) is 2.94. The van der Waals surface area contributed by atoms with Crippen molar-refractivity contribution in [3.63, 3.8) is 0 Å². The summed E-state index contributed by atoms with van der Waals surface area (Å²) in [5.41, 5.74) is 3.64. The molecule has 1 aromatic heterocycles. The molecule has 2 aromatic carbocycles. The van der Waals surface area contributed by atoms with Gasteiger partial charge in [0.25, 0.3) is 0 Å². The third kappa shape index (κ3) is 2.51. The van der Waals surface area contributed by atoms with E-state index in [4.69, 9.17) is 5.26 Å². The molecule has 0 unspecified atom stereocenters. The molecule has 19 heavy (non-hydrogen) atoms. The molecule has 0 amide bonds. The van der Waals surface area contributed by atoms with Crippen LogP contribution < -0.4 is 0 Å². The van der Waals surface area contributed by atoms with E-state index in [1.807, 2.05) is 24.3 Å². The summed E-state index contributed by atoms with van der Waals surface area (Å²) in [5.74, 6) is 0.910. The van der Waals surface area contributed by atoms with E-state index in [1.54, 1.807) is 6.07 Å². The van der Waals surface area contributed by atoms with Crippen molar-refractivity contribution in [2.45, 2.75) is 6.42 Å². The highest BCUT2D eigenvalue weighted by atomic mass is 79.9. The first-order valence-corrected chi connectivity index (χ1v) is 6.67. The van der Waals surface area contributed by atoms with Gasteiger partial charge in [0.05, 0.1) is 22.7 Å². The van der Waals surface area contributed by atoms with Crippen LogP contribution in [0.15, 0.2) is 46.9 Å². The topological polar surface area (TPSA) is 52.5 Å². The molecule has 0 saturated carbocycles. The minimum absolute atomic E-state index is 0.645. The molecule has 0 aliphatic rings. The first kappa shape index (κ1) is 11.9. The Balaban J connectivity index is 1.93. The van der Waals surface area contributed by atoms with Crippen LogP contribution in [0.25, 0.3) is 11.0 Å². The molecule has 0 fully saturated rings. The molecule has 3 aromatic rings. The fourth-order valence-electron chi connectivity index (χ4n) is 2.01. The standard InChI is InChI=1S/C15H10BrN3/c16-12-4-1-10(2-5-12)8-15-18-13-6-3-11(9-17)7-14(13)19-15/h1-7H,8H2,(H,18,19). The molecule has 0 bridgehead atoms. The van der Waals surface area contributed by atoms with Crippen molar-refractivity contribution in [3.05, 3.63) is 63.9 Å². The Morgan fingerprint density at radius 2 is 1.95 bits per heavy atom. The zero-order chi connectivity index (χ0) is 13.2. The van der Waals surface area contributed by atoms with Crippen LogP contribution in [0.5, 0.6) is 0 Å². The van der Waals surface area contributed by atoms with Crippen molar-refractivity contribution < 1.29 is 0 Å². The Hall–Kier alpha value is -2.12. The van der Waals surface area contributed by atoms with E-state index in [0.29, 0.717) is 5.56 Å². The SMILES string of the molecule is N#Cc1ccc2nc(Cc3ccc(Br)cc3)[nH]c2c1. The Morgan fingerprint density at radius 3 is 2.68 bits per heavy atom. The summed E-state index contributed by atoms with van der Waals surface area (Å²) in [7, 11) is 0.